The van der Waals surface area contributed by atoms with Crippen molar-refractivity contribution in [1.29, 1.82) is 0 Å². The fourth-order valence-corrected chi connectivity index (χ4v) is 4.66. The minimum atomic E-state index is 0.130. The van der Waals surface area contributed by atoms with Gasteiger partial charge in [0.25, 0.3) is 0 Å². The molecule has 0 aromatic carbocycles. The van der Waals surface area contributed by atoms with Crippen molar-refractivity contribution in [3.05, 3.63) is 10.6 Å². The molecule has 0 saturated heterocycles. The fourth-order valence-electron chi connectivity index (χ4n) is 3.52. The van der Waals surface area contributed by atoms with Crippen LogP contribution in [-0.2, 0) is 0 Å². The summed E-state index contributed by atoms with van der Waals surface area (Å²) in [5, 5.41) is 3.55. The Hall–Kier alpha value is -0.150. The molecule has 1 unspecified atom stereocenters. The Labute approximate surface area is 96.1 Å². The monoisotopic (exact) mass is 224 g/mol. The van der Waals surface area contributed by atoms with Crippen molar-refractivity contribution < 1.29 is 0 Å². The molecule has 1 fully saturated rings. The SMILES string of the molecule is NC1NC2=C(CCCCC23CCCC3)S1. The average molecular weight is 224 g/mol. The maximum atomic E-state index is 6.01. The normalized spacial score (nSPS) is 34.1. The molecular formula is C12H20N2S. The van der Waals surface area contributed by atoms with Crippen molar-refractivity contribution in [2.45, 2.75) is 56.9 Å². The van der Waals surface area contributed by atoms with Gasteiger partial charge in [-0.05, 0) is 32.1 Å². The molecule has 1 saturated carbocycles. The number of allylic oxidation sites excluding steroid dienone is 2. The quantitative estimate of drug-likeness (QED) is 0.664. The second-order valence-corrected chi connectivity index (χ2v) is 6.41. The third-order valence-electron chi connectivity index (χ3n) is 4.23. The number of fused-ring (bicyclic) bond motifs is 1. The summed E-state index contributed by atoms with van der Waals surface area (Å²) in [4.78, 5) is 1.59. The van der Waals surface area contributed by atoms with Crippen LogP contribution >= 0.6 is 11.8 Å². The zero-order chi connectivity index (χ0) is 10.3. The molecule has 3 aliphatic rings. The summed E-state index contributed by atoms with van der Waals surface area (Å²) in [6.07, 6.45) is 11.1. The average Bonchev–Trinajstić information content (AvgIpc) is 2.77. The number of rotatable bonds is 0. The lowest BCUT2D eigenvalue weighted by Crippen LogP contribution is -2.35. The summed E-state index contributed by atoms with van der Waals surface area (Å²) in [6, 6.07) is 0. The van der Waals surface area contributed by atoms with E-state index in [1.165, 1.54) is 51.4 Å². The van der Waals surface area contributed by atoms with Gasteiger partial charge in [0.1, 0.15) is 5.50 Å². The molecule has 3 rings (SSSR count). The smallest absolute Gasteiger partial charge is 0.127 e. The van der Waals surface area contributed by atoms with E-state index in [1.54, 1.807) is 10.6 Å². The Bertz CT molecular complexity index is 292. The fraction of sp³-hybridized carbons (Fsp3) is 0.833. The topological polar surface area (TPSA) is 38.0 Å². The van der Waals surface area contributed by atoms with Crippen molar-refractivity contribution in [1.82, 2.24) is 5.32 Å². The first kappa shape index (κ1) is 10.0. The molecule has 0 bridgehead atoms. The lowest BCUT2D eigenvalue weighted by molar-refractivity contribution is 0.312. The molecule has 1 atom stereocenters. The summed E-state index contributed by atoms with van der Waals surface area (Å²) < 4.78 is 0. The van der Waals surface area contributed by atoms with E-state index in [0.29, 0.717) is 5.41 Å². The molecule has 2 nitrogen and oxygen atoms in total. The minimum absolute atomic E-state index is 0.130. The largest absolute Gasteiger partial charge is 0.363 e. The number of nitrogens with one attached hydrogen (secondary N) is 1. The van der Waals surface area contributed by atoms with Crippen LogP contribution in [0, 0.1) is 5.41 Å². The van der Waals surface area contributed by atoms with Crippen LogP contribution in [0.25, 0.3) is 0 Å². The van der Waals surface area contributed by atoms with Crippen LogP contribution in [0.1, 0.15) is 51.4 Å². The Morgan fingerprint density at radius 2 is 1.80 bits per heavy atom. The highest BCUT2D eigenvalue weighted by atomic mass is 32.2. The van der Waals surface area contributed by atoms with Gasteiger partial charge >= 0.3 is 0 Å². The first-order chi connectivity index (χ1) is 7.30. The van der Waals surface area contributed by atoms with Crippen molar-refractivity contribution >= 4 is 11.8 Å². The molecule has 1 aliphatic heterocycles. The van der Waals surface area contributed by atoms with Gasteiger partial charge in [-0.15, -0.1) is 0 Å². The molecule has 15 heavy (non-hydrogen) atoms. The van der Waals surface area contributed by atoms with Gasteiger partial charge in [0.2, 0.25) is 0 Å². The molecule has 0 aromatic rings. The first-order valence-electron chi connectivity index (χ1n) is 6.23. The van der Waals surface area contributed by atoms with Crippen LogP contribution in [0.5, 0.6) is 0 Å². The van der Waals surface area contributed by atoms with Crippen LogP contribution in [0.4, 0.5) is 0 Å². The van der Waals surface area contributed by atoms with Gasteiger partial charge in [0.05, 0.1) is 0 Å². The molecule has 0 aromatic heterocycles. The molecule has 2 aliphatic carbocycles. The van der Waals surface area contributed by atoms with Gasteiger partial charge in [-0.1, -0.05) is 31.0 Å². The predicted molar refractivity (Wildman–Crippen MR) is 65.1 cm³/mol. The van der Waals surface area contributed by atoms with Crippen molar-refractivity contribution in [2.75, 3.05) is 0 Å². The Morgan fingerprint density at radius 1 is 1.13 bits per heavy atom. The minimum Gasteiger partial charge on any atom is -0.363 e. The first-order valence-corrected chi connectivity index (χ1v) is 7.11. The standard InChI is InChI=1S/C12H20N2S/c13-11-14-10-9(15-11)5-1-2-6-12(10)7-3-4-8-12/h11,14H,1-8,13H2. The highest BCUT2D eigenvalue weighted by Gasteiger charge is 2.42. The molecule has 0 radical (unpaired) electrons. The van der Waals surface area contributed by atoms with Gasteiger partial charge in [-0.3, -0.25) is 0 Å². The van der Waals surface area contributed by atoms with E-state index < -0.39 is 0 Å². The van der Waals surface area contributed by atoms with Gasteiger partial charge in [-0.25, -0.2) is 0 Å². The summed E-state index contributed by atoms with van der Waals surface area (Å²) >= 11 is 1.87. The van der Waals surface area contributed by atoms with E-state index in [1.807, 2.05) is 11.8 Å². The van der Waals surface area contributed by atoms with E-state index >= 15 is 0 Å². The van der Waals surface area contributed by atoms with E-state index in [0.717, 1.165) is 0 Å². The Kier molecular flexibility index (Phi) is 2.48. The van der Waals surface area contributed by atoms with E-state index in [4.69, 9.17) is 5.73 Å². The third kappa shape index (κ3) is 1.60. The van der Waals surface area contributed by atoms with Gasteiger partial charge in [0.15, 0.2) is 0 Å². The number of thioether (sulfide) groups is 1. The molecule has 3 N–H and O–H groups in total. The van der Waals surface area contributed by atoms with Gasteiger partial charge in [0, 0.05) is 16.0 Å². The Balaban J connectivity index is 1.95. The van der Waals surface area contributed by atoms with Crippen molar-refractivity contribution in [2.24, 2.45) is 11.1 Å². The predicted octanol–water partition coefficient (Wildman–Crippen LogP) is 2.91. The second-order valence-electron chi connectivity index (χ2n) is 5.18. The molecule has 84 valence electrons. The van der Waals surface area contributed by atoms with Crippen LogP contribution in [0.2, 0.25) is 0 Å². The van der Waals surface area contributed by atoms with Crippen LogP contribution in [0.3, 0.4) is 0 Å². The maximum Gasteiger partial charge on any atom is 0.127 e. The summed E-state index contributed by atoms with van der Waals surface area (Å²) in [6.45, 7) is 0. The third-order valence-corrected chi connectivity index (χ3v) is 5.30. The van der Waals surface area contributed by atoms with E-state index in [9.17, 15) is 0 Å². The van der Waals surface area contributed by atoms with Crippen molar-refractivity contribution in [3.8, 4) is 0 Å². The van der Waals surface area contributed by atoms with E-state index in [2.05, 4.69) is 5.32 Å². The lowest BCUT2D eigenvalue weighted by atomic mass is 9.79. The van der Waals surface area contributed by atoms with E-state index in [-0.39, 0.29) is 5.50 Å². The summed E-state index contributed by atoms with van der Waals surface area (Å²) in [7, 11) is 0. The Morgan fingerprint density at radius 3 is 2.53 bits per heavy atom. The molecule has 1 spiro atoms. The molecular weight excluding hydrogens is 204 g/mol. The summed E-state index contributed by atoms with van der Waals surface area (Å²) in [5.41, 5.74) is 8.19. The second kappa shape index (κ2) is 3.70. The number of nitrogens with two attached hydrogens (primary N) is 1. The zero-order valence-corrected chi connectivity index (χ0v) is 10.0. The molecule has 3 heteroatoms. The zero-order valence-electron chi connectivity index (χ0n) is 9.22. The summed E-state index contributed by atoms with van der Waals surface area (Å²) in [5.74, 6) is 0. The molecule has 1 heterocycles. The number of hydrogen-bond acceptors (Lipinski definition) is 3. The number of hydrogen-bond donors (Lipinski definition) is 2. The van der Waals surface area contributed by atoms with Gasteiger partial charge < -0.3 is 11.1 Å². The highest BCUT2D eigenvalue weighted by molar-refractivity contribution is 8.03. The highest BCUT2D eigenvalue weighted by Crippen LogP contribution is 2.53. The maximum absolute atomic E-state index is 6.01. The van der Waals surface area contributed by atoms with Gasteiger partial charge in [-0.2, -0.15) is 0 Å². The lowest BCUT2D eigenvalue weighted by Gasteiger charge is -2.30. The molecule has 0 amide bonds. The van der Waals surface area contributed by atoms with Crippen LogP contribution in [0.15, 0.2) is 10.6 Å². The van der Waals surface area contributed by atoms with Crippen LogP contribution in [-0.4, -0.2) is 5.50 Å². The van der Waals surface area contributed by atoms with Crippen LogP contribution < -0.4 is 11.1 Å². The van der Waals surface area contributed by atoms with Crippen molar-refractivity contribution in [3.63, 3.8) is 0 Å².